The third kappa shape index (κ3) is 3.19. The maximum Gasteiger partial charge on any atom is 0.304 e. The molecule has 0 fully saturated rings. The van der Waals surface area contributed by atoms with E-state index in [1.165, 1.54) is 0 Å². The Labute approximate surface area is 95.1 Å². The summed E-state index contributed by atoms with van der Waals surface area (Å²) < 4.78 is 0. The first-order valence-electron chi connectivity index (χ1n) is 5.33. The summed E-state index contributed by atoms with van der Waals surface area (Å²) >= 11 is 0. The molecule has 1 rings (SSSR count). The molecule has 0 amide bonds. The largest absolute Gasteiger partial charge is 0.481 e. The topological polar surface area (TPSA) is 54.4 Å². The molecule has 0 aromatic heterocycles. The number of aliphatic carboxylic acids is 1. The SMILES string of the molecule is CC(C)C(=O)C(CC(=O)O)c1ccccc1. The van der Waals surface area contributed by atoms with Crippen LogP contribution in [0.15, 0.2) is 30.3 Å². The van der Waals surface area contributed by atoms with E-state index in [4.69, 9.17) is 5.11 Å². The van der Waals surface area contributed by atoms with Crippen molar-refractivity contribution in [1.29, 1.82) is 0 Å². The number of ketones is 1. The lowest BCUT2D eigenvalue weighted by Crippen LogP contribution is -2.20. The second-order valence-corrected chi connectivity index (χ2v) is 4.12. The number of hydrogen-bond acceptors (Lipinski definition) is 2. The van der Waals surface area contributed by atoms with Gasteiger partial charge in [0.15, 0.2) is 0 Å². The molecule has 16 heavy (non-hydrogen) atoms. The number of rotatable bonds is 5. The van der Waals surface area contributed by atoms with Crippen LogP contribution in [0.1, 0.15) is 31.7 Å². The highest BCUT2D eigenvalue weighted by molar-refractivity contribution is 5.90. The number of carboxylic acid groups (broad SMARTS) is 1. The van der Waals surface area contributed by atoms with Crippen LogP contribution >= 0.6 is 0 Å². The van der Waals surface area contributed by atoms with Crippen LogP contribution < -0.4 is 0 Å². The van der Waals surface area contributed by atoms with Crippen molar-refractivity contribution in [3.05, 3.63) is 35.9 Å². The summed E-state index contributed by atoms with van der Waals surface area (Å²) in [6, 6.07) is 9.08. The van der Waals surface area contributed by atoms with E-state index in [0.717, 1.165) is 5.56 Å². The van der Waals surface area contributed by atoms with Gasteiger partial charge in [0.1, 0.15) is 5.78 Å². The fourth-order valence-corrected chi connectivity index (χ4v) is 1.65. The van der Waals surface area contributed by atoms with Crippen LogP contribution in [0.3, 0.4) is 0 Å². The van der Waals surface area contributed by atoms with Gasteiger partial charge < -0.3 is 5.11 Å². The number of carbonyl (C=O) groups is 2. The summed E-state index contributed by atoms with van der Waals surface area (Å²) in [6.07, 6.45) is -0.138. The monoisotopic (exact) mass is 220 g/mol. The van der Waals surface area contributed by atoms with E-state index in [0.29, 0.717) is 0 Å². The zero-order chi connectivity index (χ0) is 12.1. The summed E-state index contributed by atoms with van der Waals surface area (Å²) in [6.45, 7) is 3.58. The molecule has 1 atom stereocenters. The summed E-state index contributed by atoms with van der Waals surface area (Å²) in [4.78, 5) is 22.7. The molecule has 86 valence electrons. The van der Waals surface area contributed by atoms with Crippen LogP contribution in [-0.4, -0.2) is 16.9 Å². The summed E-state index contributed by atoms with van der Waals surface area (Å²) in [7, 11) is 0. The highest BCUT2D eigenvalue weighted by Gasteiger charge is 2.25. The van der Waals surface area contributed by atoms with Crippen LogP contribution in [0.2, 0.25) is 0 Å². The Morgan fingerprint density at radius 2 is 1.75 bits per heavy atom. The average Bonchev–Trinajstić information content (AvgIpc) is 2.26. The maximum absolute atomic E-state index is 11.9. The van der Waals surface area contributed by atoms with Gasteiger partial charge in [-0.15, -0.1) is 0 Å². The zero-order valence-corrected chi connectivity index (χ0v) is 9.51. The normalized spacial score (nSPS) is 12.4. The summed E-state index contributed by atoms with van der Waals surface area (Å²) in [5.41, 5.74) is 0.781. The lowest BCUT2D eigenvalue weighted by Gasteiger charge is -2.16. The molecule has 0 aliphatic heterocycles. The molecule has 0 aliphatic carbocycles. The average molecular weight is 220 g/mol. The molecule has 0 heterocycles. The predicted octanol–water partition coefficient (Wildman–Crippen LogP) is 2.47. The standard InChI is InChI=1S/C13H16O3/c1-9(2)13(16)11(8-12(14)15)10-6-4-3-5-7-10/h3-7,9,11H,8H2,1-2H3,(H,14,15). The van der Waals surface area contributed by atoms with Crippen molar-refractivity contribution >= 4 is 11.8 Å². The van der Waals surface area contributed by atoms with Crippen LogP contribution in [0.25, 0.3) is 0 Å². The fourth-order valence-electron chi connectivity index (χ4n) is 1.65. The van der Waals surface area contributed by atoms with Crippen LogP contribution in [0.4, 0.5) is 0 Å². The van der Waals surface area contributed by atoms with Crippen molar-refractivity contribution in [2.75, 3.05) is 0 Å². The molecule has 0 radical (unpaired) electrons. The van der Waals surface area contributed by atoms with Crippen molar-refractivity contribution in [3.8, 4) is 0 Å². The molecule has 1 aromatic carbocycles. The van der Waals surface area contributed by atoms with Gasteiger partial charge in [0.05, 0.1) is 12.3 Å². The van der Waals surface area contributed by atoms with E-state index in [1.807, 2.05) is 18.2 Å². The minimum absolute atomic E-state index is 0.0198. The third-order valence-corrected chi connectivity index (χ3v) is 2.49. The second-order valence-electron chi connectivity index (χ2n) is 4.12. The van der Waals surface area contributed by atoms with E-state index in [2.05, 4.69) is 0 Å². The van der Waals surface area contributed by atoms with Gasteiger partial charge in [0.2, 0.25) is 0 Å². The molecule has 3 nitrogen and oxygen atoms in total. The van der Waals surface area contributed by atoms with Gasteiger partial charge in [0, 0.05) is 5.92 Å². The van der Waals surface area contributed by atoms with Crippen LogP contribution in [0.5, 0.6) is 0 Å². The number of Topliss-reactive ketones (excluding diaryl/α,β-unsaturated/α-hetero) is 1. The number of carbonyl (C=O) groups excluding carboxylic acids is 1. The van der Waals surface area contributed by atoms with Gasteiger partial charge in [-0.05, 0) is 5.56 Å². The number of carboxylic acids is 1. The fraction of sp³-hybridized carbons (Fsp3) is 0.385. The minimum Gasteiger partial charge on any atom is -0.481 e. The molecule has 1 unspecified atom stereocenters. The number of hydrogen-bond donors (Lipinski definition) is 1. The van der Waals surface area contributed by atoms with Gasteiger partial charge >= 0.3 is 5.97 Å². The Morgan fingerprint density at radius 1 is 1.19 bits per heavy atom. The summed E-state index contributed by atoms with van der Waals surface area (Å²) in [5.74, 6) is -1.64. The van der Waals surface area contributed by atoms with E-state index < -0.39 is 11.9 Å². The molecular weight excluding hydrogens is 204 g/mol. The highest BCUT2D eigenvalue weighted by Crippen LogP contribution is 2.23. The zero-order valence-electron chi connectivity index (χ0n) is 9.51. The van der Waals surface area contributed by atoms with Crippen molar-refractivity contribution < 1.29 is 14.7 Å². The van der Waals surface area contributed by atoms with Gasteiger partial charge in [-0.2, -0.15) is 0 Å². The smallest absolute Gasteiger partial charge is 0.304 e. The molecule has 1 N–H and O–H groups in total. The van der Waals surface area contributed by atoms with Crippen molar-refractivity contribution in [2.24, 2.45) is 5.92 Å². The molecule has 3 heteroatoms. The minimum atomic E-state index is -0.942. The maximum atomic E-state index is 11.9. The molecule has 0 bridgehead atoms. The van der Waals surface area contributed by atoms with Crippen LogP contribution in [0, 0.1) is 5.92 Å². The van der Waals surface area contributed by atoms with E-state index in [-0.39, 0.29) is 18.1 Å². The first-order chi connectivity index (χ1) is 7.52. The van der Waals surface area contributed by atoms with Gasteiger partial charge in [0.25, 0.3) is 0 Å². The van der Waals surface area contributed by atoms with Crippen LogP contribution in [-0.2, 0) is 9.59 Å². The highest BCUT2D eigenvalue weighted by atomic mass is 16.4. The molecular formula is C13H16O3. The van der Waals surface area contributed by atoms with Crippen molar-refractivity contribution in [3.63, 3.8) is 0 Å². The molecule has 0 saturated carbocycles. The Bertz CT molecular complexity index is 368. The summed E-state index contributed by atoms with van der Waals surface area (Å²) in [5, 5.41) is 8.82. The van der Waals surface area contributed by atoms with E-state index in [9.17, 15) is 9.59 Å². The van der Waals surface area contributed by atoms with Gasteiger partial charge in [-0.3, -0.25) is 9.59 Å². The Hall–Kier alpha value is -1.64. The van der Waals surface area contributed by atoms with Gasteiger partial charge in [-0.25, -0.2) is 0 Å². The Balaban J connectivity index is 2.96. The molecule has 0 aliphatic rings. The number of benzene rings is 1. The first kappa shape index (κ1) is 12.4. The van der Waals surface area contributed by atoms with Crippen molar-refractivity contribution in [2.45, 2.75) is 26.2 Å². The van der Waals surface area contributed by atoms with E-state index >= 15 is 0 Å². The quantitative estimate of drug-likeness (QED) is 0.829. The molecule has 0 spiro atoms. The van der Waals surface area contributed by atoms with Crippen molar-refractivity contribution in [1.82, 2.24) is 0 Å². The third-order valence-electron chi connectivity index (χ3n) is 2.49. The Kier molecular flexibility index (Phi) is 4.23. The second kappa shape index (κ2) is 5.45. The van der Waals surface area contributed by atoms with Gasteiger partial charge in [-0.1, -0.05) is 44.2 Å². The van der Waals surface area contributed by atoms with E-state index in [1.54, 1.807) is 26.0 Å². The lowest BCUT2D eigenvalue weighted by atomic mass is 9.86. The molecule has 1 aromatic rings. The lowest BCUT2D eigenvalue weighted by molar-refractivity contribution is -0.139. The first-order valence-corrected chi connectivity index (χ1v) is 5.33. The molecule has 0 saturated heterocycles. The predicted molar refractivity (Wildman–Crippen MR) is 61.3 cm³/mol. The Morgan fingerprint density at radius 3 is 2.19 bits per heavy atom.